The fourth-order valence-electron chi connectivity index (χ4n) is 3.80. The Balaban J connectivity index is 2.38. The van der Waals surface area contributed by atoms with Gasteiger partial charge in [-0.2, -0.15) is 5.26 Å². The van der Waals surface area contributed by atoms with Crippen LogP contribution in [0.4, 0.5) is 10.1 Å². The molecule has 0 spiro atoms. The maximum Gasteiger partial charge on any atom is 0.355 e. The Morgan fingerprint density at radius 3 is 2.29 bits per heavy atom. The highest BCUT2D eigenvalue weighted by atomic mass is 19.1. The second-order valence-electron chi connectivity index (χ2n) is 7.22. The number of nitrogens with two attached hydrogens (primary N) is 1. The van der Waals surface area contributed by atoms with Crippen molar-refractivity contribution in [2.75, 3.05) is 25.7 Å². The van der Waals surface area contributed by atoms with E-state index in [1.54, 1.807) is 37.3 Å². The minimum absolute atomic E-state index is 0.00535. The number of nitriles is 1. The van der Waals surface area contributed by atoms with E-state index in [2.05, 4.69) is 0 Å². The highest BCUT2D eigenvalue weighted by Crippen LogP contribution is 2.43. The van der Waals surface area contributed by atoms with E-state index in [0.717, 1.165) is 31.3 Å². The first-order chi connectivity index (χ1) is 16.8. The number of ether oxygens (including phenoxy) is 3. The van der Waals surface area contributed by atoms with Gasteiger partial charge in [0.25, 0.3) is 0 Å². The van der Waals surface area contributed by atoms with Gasteiger partial charge >= 0.3 is 17.9 Å². The number of anilines is 1. The Morgan fingerprint density at radius 2 is 1.71 bits per heavy atom. The van der Waals surface area contributed by atoms with Crippen LogP contribution in [0.15, 0.2) is 71.2 Å². The van der Waals surface area contributed by atoms with Gasteiger partial charge < -0.3 is 19.9 Å². The van der Waals surface area contributed by atoms with Crippen LogP contribution < -0.4 is 10.6 Å². The van der Waals surface area contributed by atoms with Gasteiger partial charge in [0.15, 0.2) is 0 Å². The first kappa shape index (κ1) is 25.0. The summed E-state index contributed by atoms with van der Waals surface area (Å²) < 4.78 is 29.2. The summed E-state index contributed by atoms with van der Waals surface area (Å²) in [6.07, 6.45) is 0. The largest absolute Gasteiger partial charge is 0.466 e. The smallest absolute Gasteiger partial charge is 0.355 e. The third-order valence-electron chi connectivity index (χ3n) is 5.31. The molecule has 10 heteroatoms. The maximum atomic E-state index is 14.4. The van der Waals surface area contributed by atoms with Gasteiger partial charge in [0.2, 0.25) is 0 Å². The number of carbonyl (C=O) groups is 3. The summed E-state index contributed by atoms with van der Waals surface area (Å²) in [7, 11) is 2.23. The van der Waals surface area contributed by atoms with Crippen LogP contribution in [0, 0.1) is 17.1 Å². The SMILES string of the molecule is CCOC(=O)c1cc(N2C(N)=C(C#N)C(c3ccccc3)C(C(=O)OC)=C2C(=O)OC)ccc1F. The van der Waals surface area contributed by atoms with E-state index in [-0.39, 0.29) is 35.0 Å². The summed E-state index contributed by atoms with van der Waals surface area (Å²) in [5, 5.41) is 10.0. The molecular formula is C25H22FN3O6. The Bertz CT molecular complexity index is 1280. The molecule has 2 aromatic carbocycles. The number of hydrogen-bond acceptors (Lipinski definition) is 9. The zero-order chi connectivity index (χ0) is 25.7. The Morgan fingerprint density at radius 1 is 1.06 bits per heavy atom. The Labute approximate surface area is 200 Å². The van der Waals surface area contributed by atoms with Crippen LogP contribution in [-0.2, 0) is 23.8 Å². The first-order valence-corrected chi connectivity index (χ1v) is 10.4. The van der Waals surface area contributed by atoms with Gasteiger partial charge in [-0.3, -0.25) is 4.90 Å². The normalized spacial score (nSPS) is 15.4. The van der Waals surface area contributed by atoms with E-state index < -0.39 is 35.2 Å². The topological polar surface area (TPSA) is 132 Å². The summed E-state index contributed by atoms with van der Waals surface area (Å²) in [4.78, 5) is 39.4. The van der Waals surface area contributed by atoms with Crippen molar-refractivity contribution in [3.63, 3.8) is 0 Å². The lowest BCUT2D eigenvalue weighted by Crippen LogP contribution is -2.40. The number of halogens is 1. The van der Waals surface area contributed by atoms with Crippen molar-refractivity contribution in [1.29, 1.82) is 5.26 Å². The molecule has 1 aliphatic heterocycles. The van der Waals surface area contributed by atoms with Crippen molar-refractivity contribution < 1.29 is 33.0 Å². The lowest BCUT2D eigenvalue weighted by molar-refractivity contribution is -0.139. The zero-order valence-electron chi connectivity index (χ0n) is 19.2. The van der Waals surface area contributed by atoms with E-state index in [1.807, 2.05) is 6.07 Å². The van der Waals surface area contributed by atoms with Crippen molar-refractivity contribution in [1.82, 2.24) is 0 Å². The van der Waals surface area contributed by atoms with E-state index in [4.69, 9.17) is 19.9 Å². The molecule has 0 aliphatic carbocycles. The number of hydrogen-bond donors (Lipinski definition) is 1. The van der Waals surface area contributed by atoms with Crippen LogP contribution in [0.5, 0.6) is 0 Å². The summed E-state index contributed by atoms with van der Waals surface area (Å²) in [6, 6.07) is 13.8. The minimum Gasteiger partial charge on any atom is -0.466 e. The van der Waals surface area contributed by atoms with Crippen LogP contribution >= 0.6 is 0 Å². The average molecular weight is 479 g/mol. The van der Waals surface area contributed by atoms with Crippen molar-refractivity contribution in [3.05, 3.63) is 88.1 Å². The first-order valence-electron chi connectivity index (χ1n) is 10.4. The number of esters is 3. The lowest BCUT2D eigenvalue weighted by Gasteiger charge is -2.36. The van der Waals surface area contributed by atoms with Gasteiger partial charge in [-0.1, -0.05) is 30.3 Å². The third-order valence-corrected chi connectivity index (χ3v) is 5.31. The standard InChI is InChI=1S/C25H22FN3O6/c1-4-35-23(30)16-12-15(10-11-18(16)26)29-21(25(32)34-3)20(24(31)33-2)19(17(13-27)22(29)28)14-8-6-5-7-9-14/h5-12,19H,4,28H2,1-3H3. The molecule has 180 valence electrons. The predicted molar refractivity (Wildman–Crippen MR) is 122 cm³/mol. The van der Waals surface area contributed by atoms with E-state index in [0.29, 0.717) is 5.56 Å². The number of allylic oxidation sites excluding steroid dienone is 1. The molecule has 0 aromatic heterocycles. The molecule has 0 fully saturated rings. The molecule has 1 heterocycles. The Kier molecular flexibility index (Phi) is 7.51. The average Bonchev–Trinajstić information content (AvgIpc) is 2.88. The summed E-state index contributed by atoms with van der Waals surface area (Å²) >= 11 is 0. The van der Waals surface area contributed by atoms with Crippen LogP contribution in [0.25, 0.3) is 0 Å². The third kappa shape index (κ3) is 4.56. The number of nitrogens with zero attached hydrogens (tertiary/aromatic N) is 2. The number of carbonyl (C=O) groups excluding carboxylic acids is 3. The van der Waals surface area contributed by atoms with Crippen molar-refractivity contribution >= 4 is 23.6 Å². The van der Waals surface area contributed by atoms with E-state index in [1.165, 1.54) is 6.07 Å². The second kappa shape index (κ2) is 10.5. The van der Waals surface area contributed by atoms with Gasteiger partial charge in [0, 0.05) is 5.69 Å². The molecule has 0 radical (unpaired) electrons. The molecule has 9 nitrogen and oxygen atoms in total. The molecule has 35 heavy (non-hydrogen) atoms. The number of methoxy groups -OCH3 is 2. The van der Waals surface area contributed by atoms with Crippen LogP contribution in [0.3, 0.4) is 0 Å². The summed E-state index contributed by atoms with van der Waals surface area (Å²) in [5.41, 5.74) is 5.86. The molecule has 2 aromatic rings. The monoisotopic (exact) mass is 479 g/mol. The van der Waals surface area contributed by atoms with Gasteiger partial charge in [0.05, 0.1) is 49.5 Å². The zero-order valence-corrected chi connectivity index (χ0v) is 19.2. The fraction of sp³-hybridized carbons (Fsp3) is 0.200. The molecule has 0 amide bonds. The molecular weight excluding hydrogens is 457 g/mol. The second-order valence-corrected chi connectivity index (χ2v) is 7.22. The Hall–Kier alpha value is -4.65. The van der Waals surface area contributed by atoms with Gasteiger partial charge in [-0.05, 0) is 30.7 Å². The van der Waals surface area contributed by atoms with Crippen molar-refractivity contribution in [3.8, 4) is 6.07 Å². The number of rotatable bonds is 6. The fourth-order valence-corrected chi connectivity index (χ4v) is 3.80. The number of benzene rings is 2. The van der Waals surface area contributed by atoms with Gasteiger partial charge in [0.1, 0.15) is 17.3 Å². The molecule has 0 saturated carbocycles. The predicted octanol–water partition coefficient (Wildman–Crippen LogP) is 2.90. The van der Waals surface area contributed by atoms with E-state index >= 15 is 0 Å². The van der Waals surface area contributed by atoms with E-state index in [9.17, 15) is 24.0 Å². The molecule has 1 unspecified atom stereocenters. The molecule has 0 saturated heterocycles. The quantitative estimate of drug-likeness (QED) is 0.490. The molecule has 0 bridgehead atoms. The molecule has 1 aliphatic rings. The highest BCUT2D eigenvalue weighted by molar-refractivity contribution is 6.06. The molecule has 3 rings (SSSR count). The van der Waals surface area contributed by atoms with Crippen LogP contribution in [0.2, 0.25) is 0 Å². The van der Waals surface area contributed by atoms with Crippen LogP contribution in [-0.4, -0.2) is 38.7 Å². The minimum atomic E-state index is -1.05. The molecule has 1 atom stereocenters. The summed E-state index contributed by atoms with van der Waals surface area (Å²) in [5.74, 6) is -4.94. The van der Waals surface area contributed by atoms with Crippen molar-refractivity contribution in [2.24, 2.45) is 5.73 Å². The van der Waals surface area contributed by atoms with Gasteiger partial charge in [-0.15, -0.1) is 0 Å². The summed E-state index contributed by atoms with van der Waals surface area (Å²) in [6.45, 7) is 1.57. The van der Waals surface area contributed by atoms with Crippen LogP contribution in [0.1, 0.15) is 28.8 Å². The molecule has 2 N–H and O–H groups in total. The lowest BCUT2D eigenvalue weighted by atomic mass is 9.81. The maximum absolute atomic E-state index is 14.4. The van der Waals surface area contributed by atoms with Gasteiger partial charge in [-0.25, -0.2) is 18.8 Å². The highest BCUT2D eigenvalue weighted by Gasteiger charge is 2.43. The van der Waals surface area contributed by atoms with Crippen molar-refractivity contribution in [2.45, 2.75) is 12.8 Å².